The van der Waals surface area contributed by atoms with Crippen molar-refractivity contribution in [1.82, 2.24) is 40.1 Å². The molecule has 0 spiro atoms. The molecule has 10 nitrogen and oxygen atoms in total. The maximum Gasteiger partial charge on any atom is 0.267 e. The number of aromatic nitrogens is 8. The molecular weight excluding hydrogens is 322 g/mol. The number of hydrogen-bond donors (Lipinski definition) is 3. The quantitative estimate of drug-likeness (QED) is 0.507. The number of nitrogens with one attached hydrogen (secondary N) is 2. The third kappa shape index (κ3) is 2.43. The molecule has 0 aliphatic heterocycles. The predicted octanol–water partition coefficient (Wildman–Crippen LogP) is 1.03. The average Bonchev–Trinajstić information content (AvgIpc) is 3.32. The van der Waals surface area contributed by atoms with Crippen LogP contribution in [0, 0.1) is 6.92 Å². The van der Waals surface area contributed by atoms with E-state index < -0.39 is 5.91 Å². The molecule has 0 radical (unpaired) electrons. The van der Waals surface area contributed by atoms with Crippen molar-refractivity contribution < 1.29 is 4.79 Å². The topological polar surface area (TPSA) is 144 Å². The first-order chi connectivity index (χ1) is 12.1. The minimum absolute atomic E-state index is 0.124. The lowest BCUT2D eigenvalue weighted by atomic mass is 10.2. The Morgan fingerprint density at radius 3 is 2.88 bits per heavy atom. The SMILES string of the molecule is CCn1nc(C)cc1-c1n[nH]c(-c2nc(C(N)=O)cc3[nH]ncc23)n1. The number of nitrogens with two attached hydrogens (primary N) is 1. The lowest BCUT2D eigenvalue weighted by molar-refractivity contribution is 0.0996. The van der Waals surface area contributed by atoms with Crippen molar-refractivity contribution in [3.05, 3.63) is 29.7 Å². The van der Waals surface area contributed by atoms with Crippen molar-refractivity contribution >= 4 is 16.8 Å². The van der Waals surface area contributed by atoms with Gasteiger partial charge in [0.1, 0.15) is 17.1 Å². The van der Waals surface area contributed by atoms with Crippen LogP contribution in [-0.2, 0) is 6.54 Å². The van der Waals surface area contributed by atoms with Gasteiger partial charge in [0.15, 0.2) is 11.6 Å². The van der Waals surface area contributed by atoms with Gasteiger partial charge in [-0.2, -0.15) is 15.3 Å². The van der Waals surface area contributed by atoms with E-state index in [1.54, 1.807) is 12.3 Å². The molecule has 0 saturated carbocycles. The van der Waals surface area contributed by atoms with Crippen LogP contribution in [0.2, 0.25) is 0 Å². The number of amides is 1. The molecule has 0 fully saturated rings. The monoisotopic (exact) mass is 337 g/mol. The molecule has 25 heavy (non-hydrogen) atoms. The smallest absolute Gasteiger partial charge is 0.267 e. The zero-order chi connectivity index (χ0) is 17.6. The van der Waals surface area contributed by atoms with Gasteiger partial charge in [-0.3, -0.25) is 19.7 Å². The second-order valence-corrected chi connectivity index (χ2v) is 5.55. The number of aryl methyl sites for hydroxylation is 2. The fourth-order valence-corrected chi connectivity index (χ4v) is 2.70. The Kier molecular flexibility index (Phi) is 3.31. The fraction of sp³-hybridized carbons (Fsp3) is 0.200. The first-order valence-electron chi connectivity index (χ1n) is 7.68. The van der Waals surface area contributed by atoms with Crippen molar-refractivity contribution in [1.29, 1.82) is 0 Å². The van der Waals surface area contributed by atoms with Gasteiger partial charge >= 0.3 is 0 Å². The van der Waals surface area contributed by atoms with Crippen LogP contribution < -0.4 is 5.73 Å². The van der Waals surface area contributed by atoms with Crippen LogP contribution in [0.5, 0.6) is 0 Å². The minimum atomic E-state index is -0.628. The van der Waals surface area contributed by atoms with Gasteiger partial charge in [-0.05, 0) is 26.0 Å². The number of nitrogens with zero attached hydrogens (tertiary/aromatic N) is 6. The van der Waals surface area contributed by atoms with Crippen LogP contribution in [0.1, 0.15) is 23.1 Å². The lowest BCUT2D eigenvalue weighted by Crippen LogP contribution is -2.13. The van der Waals surface area contributed by atoms with Gasteiger partial charge < -0.3 is 5.73 Å². The second-order valence-electron chi connectivity index (χ2n) is 5.55. The Balaban J connectivity index is 1.86. The van der Waals surface area contributed by atoms with E-state index in [-0.39, 0.29) is 5.69 Å². The minimum Gasteiger partial charge on any atom is -0.364 e. The molecule has 0 bridgehead atoms. The van der Waals surface area contributed by atoms with Gasteiger partial charge in [-0.25, -0.2) is 9.97 Å². The van der Waals surface area contributed by atoms with Crippen molar-refractivity contribution in [2.75, 3.05) is 0 Å². The number of hydrogen-bond acceptors (Lipinski definition) is 6. The molecule has 4 aromatic rings. The summed E-state index contributed by atoms with van der Waals surface area (Å²) in [5, 5.41) is 19.1. The highest BCUT2D eigenvalue weighted by Gasteiger charge is 2.18. The molecule has 4 N–H and O–H groups in total. The van der Waals surface area contributed by atoms with Crippen molar-refractivity contribution in [3.8, 4) is 23.0 Å². The molecule has 0 aromatic carbocycles. The third-order valence-corrected chi connectivity index (χ3v) is 3.83. The Morgan fingerprint density at radius 1 is 1.28 bits per heavy atom. The first kappa shape index (κ1) is 15.0. The van der Waals surface area contributed by atoms with Crippen LogP contribution in [0.15, 0.2) is 18.3 Å². The van der Waals surface area contributed by atoms with E-state index in [2.05, 4.69) is 35.5 Å². The van der Waals surface area contributed by atoms with Crippen LogP contribution in [0.3, 0.4) is 0 Å². The molecule has 4 aromatic heterocycles. The highest BCUT2D eigenvalue weighted by atomic mass is 16.1. The van der Waals surface area contributed by atoms with E-state index in [0.29, 0.717) is 34.8 Å². The Bertz CT molecular complexity index is 1090. The molecule has 126 valence electrons. The average molecular weight is 337 g/mol. The van der Waals surface area contributed by atoms with Gasteiger partial charge in [0.25, 0.3) is 5.91 Å². The van der Waals surface area contributed by atoms with Gasteiger partial charge in [0, 0.05) is 11.9 Å². The predicted molar refractivity (Wildman–Crippen MR) is 89.4 cm³/mol. The number of carbonyl (C=O) groups is 1. The summed E-state index contributed by atoms with van der Waals surface area (Å²) >= 11 is 0. The number of rotatable bonds is 4. The zero-order valence-corrected chi connectivity index (χ0v) is 13.6. The Morgan fingerprint density at radius 2 is 2.12 bits per heavy atom. The van der Waals surface area contributed by atoms with E-state index in [1.807, 2.05) is 24.6 Å². The number of H-pyrrole nitrogens is 2. The third-order valence-electron chi connectivity index (χ3n) is 3.83. The fourth-order valence-electron chi connectivity index (χ4n) is 2.70. The van der Waals surface area contributed by atoms with E-state index in [4.69, 9.17) is 5.73 Å². The number of pyridine rings is 1. The first-order valence-corrected chi connectivity index (χ1v) is 7.68. The molecule has 0 atom stereocenters. The number of fused-ring (bicyclic) bond motifs is 1. The van der Waals surface area contributed by atoms with E-state index in [0.717, 1.165) is 11.4 Å². The van der Waals surface area contributed by atoms with Gasteiger partial charge in [0.2, 0.25) is 0 Å². The summed E-state index contributed by atoms with van der Waals surface area (Å²) in [7, 11) is 0. The maximum absolute atomic E-state index is 11.5. The molecule has 0 aliphatic rings. The molecule has 4 heterocycles. The summed E-state index contributed by atoms with van der Waals surface area (Å²) in [6, 6.07) is 3.47. The summed E-state index contributed by atoms with van der Waals surface area (Å²) in [5.74, 6) is 0.295. The molecule has 0 unspecified atom stereocenters. The molecule has 1 amide bonds. The van der Waals surface area contributed by atoms with Crippen LogP contribution in [-0.4, -0.2) is 46.1 Å². The Labute approximate surface area is 141 Å². The summed E-state index contributed by atoms with van der Waals surface area (Å²) < 4.78 is 1.82. The lowest BCUT2D eigenvalue weighted by Gasteiger charge is -2.01. The summed E-state index contributed by atoms with van der Waals surface area (Å²) in [6.07, 6.45) is 1.62. The molecular formula is C15H15N9O. The van der Waals surface area contributed by atoms with Crippen molar-refractivity contribution in [3.63, 3.8) is 0 Å². The second kappa shape index (κ2) is 5.51. The van der Waals surface area contributed by atoms with E-state index in [9.17, 15) is 4.79 Å². The molecule has 0 saturated heterocycles. The van der Waals surface area contributed by atoms with Crippen molar-refractivity contribution in [2.24, 2.45) is 5.73 Å². The van der Waals surface area contributed by atoms with Gasteiger partial charge in [0.05, 0.1) is 17.4 Å². The highest BCUT2D eigenvalue weighted by molar-refractivity contribution is 5.98. The largest absolute Gasteiger partial charge is 0.364 e. The normalized spacial score (nSPS) is 11.3. The van der Waals surface area contributed by atoms with E-state index in [1.165, 1.54) is 0 Å². The summed E-state index contributed by atoms with van der Waals surface area (Å²) in [4.78, 5) is 20.4. The van der Waals surface area contributed by atoms with Crippen molar-refractivity contribution in [2.45, 2.75) is 20.4 Å². The number of aromatic amines is 2. The van der Waals surface area contributed by atoms with Gasteiger partial charge in [-0.15, -0.1) is 0 Å². The van der Waals surface area contributed by atoms with Crippen LogP contribution >= 0.6 is 0 Å². The van der Waals surface area contributed by atoms with Crippen LogP contribution in [0.25, 0.3) is 33.9 Å². The van der Waals surface area contributed by atoms with Gasteiger partial charge in [-0.1, -0.05) is 0 Å². The number of carbonyl (C=O) groups excluding carboxylic acids is 1. The molecule has 4 rings (SSSR count). The highest BCUT2D eigenvalue weighted by Crippen LogP contribution is 2.26. The summed E-state index contributed by atoms with van der Waals surface area (Å²) in [5.41, 5.74) is 8.28. The molecule has 10 heteroatoms. The zero-order valence-electron chi connectivity index (χ0n) is 13.6. The Hall–Kier alpha value is -3.56. The van der Waals surface area contributed by atoms with E-state index >= 15 is 0 Å². The number of primary amides is 1. The maximum atomic E-state index is 11.5. The standard InChI is InChI=1S/C15H15N9O/c1-3-24-11(4-7(2)23-24)14-19-15(22-21-14)12-8-6-17-20-9(8)5-10(18-12)13(16)25/h4-6H,3H2,1-2H3,(H2,16,25)(H,17,20)(H,19,21,22). The van der Waals surface area contributed by atoms with Crippen LogP contribution in [0.4, 0.5) is 0 Å². The molecule has 0 aliphatic carbocycles. The summed E-state index contributed by atoms with van der Waals surface area (Å²) in [6.45, 7) is 4.61.